The summed E-state index contributed by atoms with van der Waals surface area (Å²) in [6, 6.07) is 5.32. The molecule has 0 N–H and O–H groups in total. The molecule has 0 radical (unpaired) electrons. The monoisotopic (exact) mass is 288 g/mol. The van der Waals surface area contributed by atoms with E-state index in [9.17, 15) is 14.0 Å². The summed E-state index contributed by atoms with van der Waals surface area (Å²) in [5, 5.41) is 0. The first-order chi connectivity index (χ1) is 7.56. The average Bonchev–Trinajstić information content (AvgIpc) is 2.28. The number of benzene rings is 1. The molecule has 86 valence electrons. The zero-order valence-electron chi connectivity index (χ0n) is 8.57. The lowest BCUT2D eigenvalue weighted by molar-refractivity contribution is -0.153. The summed E-state index contributed by atoms with van der Waals surface area (Å²) in [7, 11) is 0. The lowest BCUT2D eigenvalue weighted by Crippen LogP contribution is -2.21. The third-order valence-corrected chi connectivity index (χ3v) is 2.81. The zero-order valence-corrected chi connectivity index (χ0v) is 10.2. The van der Waals surface area contributed by atoms with Crippen molar-refractivity contribution in [3.63, 3.8) is 0 Å². The molecule has 0 saturated heterocycles. The number of ketones is 1. The summed E-state index contributed by atoms with van der Waals surface area (Å²) >= 11 is 3.07. The summed E-state index contributed by atoms with van der Waals surface area (Å²) in [4.78, 5) is 21.9. The number of Topliss-reactive ketones (excluding diaryl/α,β-unsaturated/α-hetero) is 1. The van der Waals surface area contributed by atoms with Crippen LogP contribution in [0.3, 0.4) is 0 Å². The van der Waals surface area contributed by atoms with Crippen LogP contribution in [0.5, 0.6) is 0 Å². The molecule has 1 aromatic rings. The number of alkyl halides is 1. The summed E-state index contributed by atoms with van der Waals surface area (Å²) in [5.74, 6) is -1.99. The smallest absolute Gasteiger partial charge is 0.376 e. The van der Waals surface area contributed by atoms with Crippen molar-refractivity contribution in [3.8, 4) is 0 Å². The van der Waals surface area contributed by atoms with E-state index in [-0.39, 0.29) is 6.61 Å². The van der Waals surface area contributed by atoms with Crippen LogP contribution in [-0.2, 0) is 14.3 Å². The van der Waals surface area contributed by atoms with Crippen LogP contribution in [0.2, 0.25) is 0 Å². The predicted molar refractivity (Wildman–Crippen MR) is 59.7 cm³/mol. The second-order valence-corrected chi connectivity index (χ2v) is 3.91. The van der Waals surface area contributed by atoms with Gasteiger partial charge in [-0.2, -0.15) is 0 Å². The molecular formula is C11H10BrFO3. The van der Waals surface area contributed by atoms with E-state index in [0.717, 1.165) is 0 Å². The van der Waals surface area contributed by atoms with E-state index in [1.165, 1.54) is 24.3 Å². The fourth-order valence-electron chi connectivity index (χ4n) is 1.09. The van der Waals surface area contributed by atoms with E-state index in [4.69, 9.17) is 0 Å². The molecule has 0 aliphatic heterocycles. The SMILES string of the molecule is CCOC(=O)C(=O)C(Br)c1ccc(F)cc1. The number of halogens is 2. The highest BCUT2D eigenvalue weighted by molar-refractivity contribution is 9.09. The highest BCUT2D eigenvalue weighted by Crippen LogP contribution is 2.24. The van der Waals surface area contributed by atoms with Gasteiger partial charge in [0.2, 0.25) is 0 Å². The van der Waals surface area contributed by atoms with Crippen LogP contribution in [0.25, 0.3) is 0 Å². The summed E-state index contributed by atoms with van der Waals surface area (Å²) in [6.07, 6.45) is 0. The second kappa shape index (κ2) is 5.75. The van der Waals surface area contributed by atoms with Gasteiger partial charge in [-0.05, 0) is 24.6 Å². The lowest BCUT2D eigenvalue weighted by Gasteiger charge is -2.07. The number of hydrogen-bond donors (Lipinski definition) is 0. The first kappa shape index (κ1) is 12.8. The molecule has 0 aromatic heterocycles. The summed E-state index contributed by atoms with van der Waals surface area (Å²) in [5.41, 5.74) is 0.513. The molecule has 0 saturated carbocycles. The van der Waals surface area contributed by atoms with Crippen molar-refractivity contribution in [2.24, 2.45) is 0 Å². The maximum Gasteiger partial charge on any atom is 0.376 e. The summed E-state index contributed by atoms with van der Waals surface area (Å²) < 4.78 is 17.2. The minimum Gasteiger partial charge on any atom is -0.460 e. The Labute approximate surface area is 101 Å². The van der Waals surface area contributed by atoms with Crippen molar-refractivity contribution in [1.29, 1.82) is 0 Å². The first-order valence-electron chi connectivity index (χ1n) is 4.66. The van der Waals surface area contributed by atoms with E-state index in [1.807, 2.05) is 0 Å². The minimum absolute atomic E-state index is 0.147. The molecule has 3 nitrogen and oxygen atoms in total. The van der Waals surface area contributed by atoms with Gasteiger partial charge >= 0.3 is 5.97 Å². The van der Waals surface area contributed by atoms with E-state index < -0.39 is 22.4 Å². The van der Waals surface area contributed by atoms with Crippen molar-refractivity contribution in [1.82, 2.24) is 0 Å². The Hall–Kier alpha value is -1.23. The van der Waals surface area contributed by atoms with Gasteiger partial charge in [-0.25, -0.2) is 9.18 Å². The Bertz CT molecular complexity index is 389. The molecule has 1 rings (SSSR count). The van der Waals surface area contributed by atoms with E-state index >= 15 is 0 Å². The van der Waals surface area contributed by atoms with Gasteiger partial charge in [0.25, 0.3) is 5.78 Å². The topological polar surface area (TPSA) is 43.4 Å². The van der Waals surface area contributed by atoms with Crippen LogP contribution in [-0.4, -0.2) is 18.4 Å². The lowest BCUT2D eigenvalue weighted by atomic mass is 10.1. The van der Waals surface area contributed by atoms with Crippen LogP contribution in [0.15, 0.2) is 24.3 Å². The van der Waals surface area contributed by atoms with Gasteiger partial charge in [-0.15, -0.1) is 0 Å². The highest BCUT2D eigenvalue weighted by atomic mass is 79.9. The van der Waals surface area contributed by atoms with E-state index in [2.05, 4.69) is 20.7 Å². The quantitative estimate of drug-likeness (QED) is 0.485. The van der Waals surface area contributed by atoms with Crippen molar-refractivity contribution in [2.75, 3.05) is 6.61 Å². The fourth-order valence-corrected chi connectivity index (χ4v) is 1.58. The molecule has 0 aliphatic carbocycles. The second-order valence-electron chi connectivity index (χ2n) is 3.00. The normalized spacial score (nSPS) is 11.9. The maximum atomic E-state index is 12.6. The fraction of sp³-hybridized carbons (Fsp3) is 0.273. The minimum atomic E-state index is -0.895. The molecule has 16 heavy (non-hydrogen) atoms. The molecule has 5 heteroatoms. The number of hydrogen-bond acceptors (Lipinski definition) is 3. The van der Waals surface area contributed by atoms with Crippen molar-refractivity contribution >= 4 is 27.7 Å². The molecule has 1 unspecified atom stereocenters. The molecular weight excluding hydrogens is 279 g/mol. The maximum absolute atomic E-state index is 12.6. The van der Waals surface area contributed by atoms with Gasteiger partial charge in [0, 0.05) is 0 Å². The Morgan fingerprint density at radius 2 is 1.94 bits per heavy atom. The van der Waals surface area contributed by atoms with E-state index in [0.29, 0.717) is 5.56 Å². The number of esters is 1. The Kier molecular flexibility index (Phi) is 4.61. The number of rotatable bonds is 4. The Morgan fingerprint density at radius 1 is 1.38 bits per heavy atom. The highest BCUT2D eigenvalue weighted by Gasteiger charge is 2.25. The third kappa shape index (κ3) is 3.13. The van der Waals surface area contributed by atoms with Crippen molar-refractivity contribution < 1.29 is 18.7 Å². The van der Waals surface area contributed by atoms with Crippen LogP contribution in [0.1, 0.15) is 17.3 Å². The number of carbonyl (C=O) groups is 2. The third-order valence-electron chi connectivity index (χ3n) is 1.87. The molecule has 0 bridgehead atoms. The van der Waals surface area contributed by atoms with Crippen molar-refractivity contribution in [3.05, 3.63) is 35.6 Å². The Morgan fingerprint density at radius 3 is 2.44 bits per heavy atom. The molecule has 0 amide bonds. The van der Waals surface area contributed by atoms with Crippen LogP contribution < -0.4 is 0 Å². The molecule has 1 aromatic carbocycles. The van der Waals surface area contributed by atoms with E-state index in [1.54, 1.807) is 6.92 Å². The largest absolute Gasteiger partial charge is 0.460 e. The number of carbonyl (C=O) groups excluding carboxylic acids is 2. The van der Waals surface area contributed by atoms with Gasteiger partial charge < -0.3 is 4.74 Å². The first-order valence-corrected chi connectivity index (χ1v) is 5.58. The van der Waals surface area contributed by atoms with Gasteiger partial charge in [0.05, 0.1) is 6.61 Å². The standard InChI is InChI=1S/C11H10BrFO3/c1-2-16-11(15)10(14)9(12)7-3-5-8(13)6-4-7/h3-6,9H,2H2,1H3. The zero-order chi connectivity index (χ0) is 12.1. The average molecular weight is 289 g/mol. The van der Waals surface area contributed by atoms with Gasteiger partial charge in [0.1, 0.15) is 10.6 Å². The van der Waals surface area contributed by atoms with Crippen LogP contribution in [0, 0.1) is 5.82 Å². The van der Waals surface area contributed by atoms with Gasteiger partial charge in [-0.1, -0.05) is 28.1 Å². The van der Waals surface area contributed by atoms with Crippen LogP contribution in [0.4, 0.5) is 4.39 Å². The van der Waals surface area contributed by atoms with Gasteiger partial charge in [0.15, 0.2) is 0 Å². The summed E-state index contributed by atoms with van der Waals surface area (Å²) in [6.45, 7) is 1.76. The van der Waals surface area contributed by atoms with Crippen LogP contribution >= 0.6 is 15.9 Å². The molecule has 0 aliphatic rings. The van der Waals surface area contributed by atoms with Crippen molar-refractivity contribution in [2.45, 2.75) is 11.8 Å². The molecule has 0 heterocycles. The molecule has 0 fully saturated rings. The number of ether oxygens (including phenoxy) is 1. The molecule has 0 spiro atoms. The van der Waals surface area contributed by atoms with Gasteiger partial charge in [-0.3, -0.25) is 4.79 Å². The predicted octanol–water partition coefficient (Wildman–Crippen LogP) is 2.39. The Balaban J connectivity index is 2.77. The molecule has 1 atom stereocenters.